The molecule has 7 nitrogen and oxygen atoms in total. The number of carbonyl (C=O) groups excluding carboxylic acids is 1. The lowest BCUT2D eigenvalue weighted by Crippen LogP contribution is -2.18. The fraction of sp³-hybridized carbons (Fsp3) is 0.167. The van der Waals surface area contributed by atoms with Crippen LogP contribution in [0.15, 0.2) is 38.1 Å². The van der Waals surface area contributed by atoms with Gasteiger partial charge in [0.25, 0.3) is 5.56 Å². The van der Waals surface area contributed by atoms with Crippen molar-refractivity contribution in [2.45, 2.75) is 6.92 Å². The average Bonchev–Trinajstić information content (AvgIpc) is 2.98. The van der Waals surface area contributed by atoms with E-state index in [0.717, 1.165) is 11.3 Å². The second kappa shape index (κ2) is 6.11. The summed E-state index contributed by atoms with van der Waals surface area (Å²) < 4.78 is 9.63. The molecule has 2 rings (SSSR count). The van der Waals surface area contributed by atoms with E-state index in [2.05, 4.69) is 20.2 Å². The lowest BCUT2D eigenvalue weighted by molar-refractivity contribution is 0.0599. The van der Waals surface area contributed by atoms with Crippen LogP contribution in [-0.4, -0.2) is 23.8 Å². The monoisotopic (exact) mass is 293 g/mol. The fourth-order valence-electron chi connectivity index (χ4n) is 1.31. The minimum atomic E-state index is -0.708. The summed E-state index contributed by atoms with van der Waals surface area (Å²) in [6.07, 6.45) is 1.54. The molecule has 2 aromatic heterocycles. The highest BCUT2D eigenvalue weighted by Gasteiger charge is 2.12. The highest BCUT2D eigenvalue weighted by molar-refractivity contribution is 7.13. The van der Waals surface area contributed by atoms with Gasteiger partial charge in [0.05, 0.1) is 13.4 Å². The van der Waals surface area contributed by atoms with Crippen LogP contribution < -0.4 is 11.0 Å². The molecule has 104 valence electrons. The van der Waals surface area contributed by atoms with Crippen molar-refractivity contribution in [3.63, 3.8) is 0 Å². The molecule has 0 spiro atoms. The van der Waals surface area contributed by atoms with Crippen LogP contribution in [0.2, 0.25) is 0 Å². The first-order valence-corrected chi connectivity index (χ1v) is 6.42. The summed E-state index contributed by atoms with van der Waals surface area (Å²) >= 11 is 1.08. The number of nitrogens with one attached hydrogen (secondary N) is 1. The zero-order chi connectivity index (χ0) is 14.5. The van der Waals surface area contributed by atoms with Crippen LogP contribution in [0.1, 0.15) is 23.0 Å². The Morgan fingerprint density at radius 1 is 1.55 bits per heavy atom. The molecule has 0 aromatic carbocycles. The number of furan rings is 1. The van der Waals surface area contributed by atoms with E-state index < -0.39 is 11.5 Å². The molecule has 0 atom stereocenters. The van der Waals surface area contributed by atoms with E-state index in [4.69, 9.17) is 4.42 Å². The van der Waals surface area contributed by atoms with Crippen molar-refractivity contribution < 1.29 is 13.9 Å². The van der Waals surface area contributed by atoms with Gasteiger partial charge < -0.3 is 9.15 Å². The summed E-state index contributed by atoms with van der Waals surface area (Å²) in [5.41, 5.74) is 2.48. The summed E-state index contributed by atoms with van der Waals surface area (Å²) in [5.74, 6) is -0.100. The quantitative estimate of drug-likeness (QED) is 0.524. The zero-order valence-corrected chi connectivity index (χ0v) is 11.6. The predicted molar refractivity (Wildman–Crippen MR) is 74.3 cm³/mol. The first-order valence-electron chi connectivity index (χ1n) is 5.54. The molecule has 0 saturated heterocycles. The largest absolute Gasteiger partial charge is 0.465 e. The topological polar surface area (TPSA) is 93.8 Å². The van der Waals surface area contributed by atoms with Gasteiger partial charge in [-0.05, 0) is 19.1 Å². The Kier molecular flexibility index (Phi) is 4.26. The second-order valence-corrected chi connectivity index (χ2v) is 4.51. The van der Waals surface area contributed by atoms with Crippen molar-refractivity contribution in [1.29, 1.82) is 0 Å². The molecule has 0 amide bonds. The van der Waals surface area contributed by atoms with Gasteiger partial charge in [0.1, 0.15) is 17.0 Å². The van der Waals surface area contributed by atoms with Gasteiger partial charge >= 0.3 is 5.97 Å². The van der Waals surface area contributed by atoms with E-state index in [1.165, 1.54) is 18.8 Å². The molecular weight excluding hydrogens is 282 g/mol. The molecule has 2 heterocycles. The highest BCUT2D eigenvalue weighted by atomic mass is 32.1. The molecule has 0 bridgehead atoms. The molecule has 2 aromatic rings. The van der Waals surface area contributed by atoms with E-state index in [-0.39, 0.29) is 10.7 Å². The van der Waals surface area contributed by atoms with Gasteiger partial charge in [0.15, 0.2) is 0 Å². The third-order valence-electron chi connectivity index (χ3n) is 2.32. The summed E-state index contributed by atoms with van der Waals surface area (Å²) in [5, 5.41) is 5.69. The Balaban J connectivity index is 2.15. The predicted octanol–water partition coefficient (Wildman–Crippen LogP) is 1.72. The Hall–Kier alpha value is -2.48. The van der Waals surface area contributed by atoms with Crippen LogP contribution in [0.3, 0.4) is 0 Å². The molecular formula is C12H11N3O4S. The molecule has 0 aliphatic heterocycles. The van der Waals surface area contributed by atoms with Crippen LogP contribution in [0.4, 0.5) is 5.13 Å². The minimum Gasteiger partial charge on any atom is -0.465 e. The molecule has 1 N–H and O–H groups in total. The van der Waals surface area contributed by atoms with Gasteiger partial charge in [0.2, 0.25) is 5.13 Å². The molecule has 0 unspecified atom stereocenters. The number of rotatable bonds is 4. The number of anilines is 1. The summed E-state index contributed by atoms with van der Waals surface area (Å²) in [7, 11) is 1.20. The summed E-state index contributed by atoms with van der Waals surface area (Å²) in [6, 6.07) is 3.51. The number of carbonyl (C=O) groups is 1. The number of hydrogen-bond donors (Lipinski definition) is 1. The SMILES string of the molecule is COC(=O)c1csc(N/N=C(/C)c2ccco2)nc1=O. The van der Waals surface area contributed by atoms with Crippen molar-refractivity contribution in [2.75, 3.05) is 12.5 Å². The van der Waals surface area contributed by atoms with Gasteiger partial charge in [0, 0.05) is 5.38 Å². The molecule has 8 heteroatoms. The number of methoxy groups -OCH3 is 1. The number of nitrogens with zero attached hydrogens (tertiary/aromatic N) is 2. The van der Waals surface area contributed by atoms with Crippen LogP contribution in [0.5, 0.6) is 0 Å². The molecule has 0 radical (unpaired) electrons. The minimum absolute atomic E-state index is 0.102. The lowest BCUT2D eigenvalue weighted by Gasteiger charge is -2.01. The first-order chi connectivity index (χ1) is 9.61. The van der Waals surface area contributed by atoms with Gasteiger partial charge in [-0.2, -0.15) is 10.1 Å². The van der Waals surface area contributed by atoms with E-state index in [1.54, 1.807) is 19.1 Å². The Bertz CT molecular complexity index is 691. The van der Waals surface area contributed by atoms with Gasteiger partial charge in [-0.25, -0.2) is 4.79 Å². The molecule has 0 aliphatic rings. The van der Waals surface area contributed by atoms with Gasteiger partial charge in [-0.3, -0.25) is 10.2 Å². The maximum Gasteiger partial charge on any atom is 0.344 e. The van der Waals surface area contributed by atoms with Crippen molar-refractivity contribution in [1.82, 2.24) is 4.98 Å². The normalized spacial score (nSPS) is 11.2. The third-order valence-corrected chi connectivity index (χ3v) is 3.08. The Labute approximate surface area is 117 Å². The van der Waals surface area contributed by atoms with E-state index in [9.17, 15) is 9.59 Å². The maximum atomic E-state index is 11.6. The number of hydrazone groups is 1. The van der Waals surface area contributed by atoms with Crippen LogP contribution in [-0.2, 0) is 4.74 Å². The highest BCUT2D eigenvalue weighted by Crippen LogP contribution is 2.11. The molecule has 20 heavy (non-hydrogen) atoms. The Morgan fingerprint density at radius 3 is 2.95 bits per heavy atom. The van der Waals surface area contributed by atoms with Crippen molar-refractivity contribution in [3.8, 4) is 0 Å². The van der Waals surface area contributed by atoms with Crippen molar-refractivity contribution in [2.24, 2.45) is 5.10 Å². The van der Waals surface area contributed by atoms with Crippen LogP contribution in [0.25, 0.3) is 0 Å². The molecule has 0 aliphatic carbocycles. The number of aromatic nitrogens is 1. The number of esters is 1. The lowest BCUT2D eigenvalue weighted by atomic mass is 10.3. The average molecular weight is 293 g/mol. The summed E-state index contributed by atoms with van der Waals surface area (Å²) in [6.45, 7) is 1.75. The van der Waals surface area contributed by atoms with Gasteiger partial charge in [-0.15, -0.1) is 11.3 Å². The Morgan fingerprint density at radius 2 is 2.35 bits per heavy atom. The zero-order valence-electron chi connectivity index (χ0n) is 10.7. The van der Waals surface area contributed by atoms with Gasteiger partial charge in [-0.1, -0.05) is 0 Å². The number of ether oxygens (including phenoxy) is 1. The number of hydrogen-bond acceptors (Lipinski definition) is 8. The van der Waals surface area contributed by atoms with Crippen LogP contribution in [0, 0.1) is 0 Å². The first kappa shape index (κ1) is 13.9. The van der Waals surface area contributed by atoms with Crippen molar-refractivity contribution in [3.05, 3.63) is 45.5 Å². The molecule has 0 fully saturated rings. The van der Waals surface area contributed by atoms with E-state index in [0.29, 0.717) is 11.5 Å². The summed E-state index contributed by atoms with van der Waals surface area (Å²) in [4.78, 5) is 26.6. The smallest absolute Gasteiger partial charge is 0.344 e. The third kappa shape index (κ3) is 3.09. The second-order valence-electron chi connectivity index (χ2n) is 3.65. The van der Waals surface area contributed by atoms with E-state index in [1.807, 2.05) is 0 Å². The standard InChI is InChI=1S/C12H11N3O4S/c1-7(9-4-3-5-19-9)14-15-12-13-10(16)8(6-20-12)11(17)18-2/h3-6H,1-2H3,(H,13,15,16)/b14-7-. The molecule has 0 saturated carbocycles. The van der Waals surface area contributed by atoms with E-state index >= 15 is 0 Å². The van der Waals surface area contributed by atoms with Crippen LogP contribution >= 0.6 is 11.3 Å². The maximum absolute atomic E-state index is 11.6. The van der Waals surface area contributed by atoms with Crippen molar-refractivity contribution >= 4 is 28.1 Å². The fourth-order valence-corrected chi connectivity index (χ4v) is 1.97.